The van der Waals surface area contributed by atoms with Crippen LogP contribution in [0.25, 0.3) is 22.4 Å². The van der Waals surface area contributed by atoms with E-state index in [1.165, 1.54) is 6.07 Å². The van der Waals surface area contributed by atoms with Crippen LogP contribution in [0, 0.1) is 17.0 Å². The molecule has 106 valence electrons. The number of rotatable bonds is 3. The van der Waals surface area contributed by atoms with Gasteiger partial charge in [-0.1, -0.05) is 11.6 Å². The highest BCUT2D eigenvalue weighted by Crippen LogP contribution is 2.33. The average Bonchev–Trinajstić information content (AvgIpc) is 2.89. The molecule has 1 aromatic carbocycles. The molecule has 1 N–H and O–H groups in total. The lowest BCUT2D eigenvalue weighted by Gasteiger charge is -2.02. The van der Waals surface area contributed by atoms with Gasteiger partial charge in [-0.15, -0.1) is 0 Å². The maximum absolute atomic E-state index is 11.2. The van der Waals surface area contributed by atoms with Crippen molar-refractivity contribution in [2.45, 2.75) is 6.92 Å². The molecule has 0 fully saturated rings. The van der Waals surface area contributed by atoms with E-state index in [2.05, 4.69) is 10.3 Å². The molecule has 0 spiro atoms. The summed E-state index contributed by atoms with van der Waals surface area (Å²) in [7, 11) is 1.71. The first kappa shape index (κ1) is 13.1. The van der Waals surface area contributed by atoms with Gasteiger partial charge in [0.05, 0.1) is 4.92 Å². The zero-order chi connectivity index (χ0) is 15.0. The number of nitrogens with one attached hydrogen (secondary N) is 1. The average molecular weight is 283 g/mol. The third-order valence-corrected chi connectivity index (χ3v) is 3.23. The van der Waals surface area contributed by atoms with Crippen molar-refractivity contribution in [3.63, 3.8) is 0 Å². The Morgan fingerprint density at radius 1 is 1.24 bits per heavy atom. The Labute approximate surface area is 120 Å². The van der Waals surface area contributed by atoms with Gasteiger partial charge >= 0.3 is 0 Å². The Kier molecular flexibility index (Phi) is 3.06. The summed E-state index contributed by atoms with van der Waals surface area (Å²) in [5.41, 5.74) is 1.92. The van der Waals surface area contributed by atoms with E-state index < -0.39 is 4.92 Å². The Hall–Kier alpha value is -2.89. The zero-order valence-electron chi connectivity index (χ0n) is 11.6. The standard InChI is InChI=1S/C15H13N3O3/c1-9-3-5-12-10(7-9)8-13(21-12)15-11(18(19)20)4-6-14(16-2)17-15/h3-8H,1-2H3,(H,16,17). The van der Waals surface area contributed by atoms with Crippen molar-refractivity contribution in [2.24, 2.45) is 0 Å². The molecule has 2 aromatic heterocycles. The van der Waals surface area contributed by atoms with Crippen LogP contribution >= 0.6 is 0 Å². The van der Waals surface area contributed by atoms with Crippen LogP contribution in [0.2, 0.25) is 0 Å². The van der Waals surface area contributed by atoms with E-state index in [0.717, 1.165) is 10.9 Å². The Bertz CT molecular complexity index is 839. The van der Waals surface area contributed by atoms with Gasteiger partial charge in [-0.2, -0.15) is 0 Å². The van der Waals surface area contributed by atoms with Gasteiger partial charge in [0.2, 0.25) is 0 Å². The fraction of sp³-hybridized carbons (Fsp3) is 0.133. The quantitative estimate of drug-likeness (QED) is 0.584. The van der Waals surface area contributed by atoms with Gasteiger partial charge in [0, 0.05) is 18.5 Å². The first-order valence-electron chi connectivity index (χ1n) is 6.42. The molecule has 0 atom stereocenters. The fourth-order valence-electron chi connectivity index (χ4n) is 2.20. The first-order chi connectivity index (χ1) is 10.1. The Morgan fingerprint density at radius 2 is 2.05 bits per heavy atom. The van der Waals surface area contributed by atoms with Crippen LogP contribution < -0.4 is 5.32 Å². The van der Waals surface area contributed by atoms with Crippen LogP contribution in [0.4, 0.5) is 11.5 Å². The summed E-state index contributed by atoms with van der Waals surface area (Å²) in [5.74, 6) is 0.937. The molecule has 2 heterocycles. The number of pyridine rings is 1. The number of fused-ring (bicyclic) bond motifs is 1. The minimum atomic E-state index is -0.458. The molecular formula is C15H13N3O3. The van der Waals surface area contributed by atoms with Crippen LogP contribution in [0.1, 0.15) is 5.56 Å². The highest BCUT2D eigenvalue weighted by molar-refractivity contribution is 5.84. The van der Waals surface area contributed by atoms with E-state index in [0.29, 0.717) is 17.2 Å². The summed E-state index contributed by atoms with van der Waals surface area (Å²) in [5, 5.41) is 14.9. The molecule has 0 radical (unpaired) electrons. The largest absolute Gasteiger partial charge is 0.454 e. The maximum atomic E-state index is 11.2. The third kappa shape index (κ3) is 2.31. The molecule has 0 aliphatic rings. The van der Waals surface area contributed by atoms with E-state index in [4.69, 9.17) is 4.42 Å². The topological polar surface area (TPSA) is 81.2 Å². The first-order valence-corrected chi connectivity index (χ1v) is 6.42. The lowest BCUT2D eigenvalue weighted by Crippen LogP contribution is -1.98. The fourth-order valence-corrected chi connectivity index (χ4v) is 2.20. The van der Waals surface area contributed by atoms with Gasteiger partial charge in [-0.25, -0.2) is 4.98 Å². The summed E-state index contributed by atoms with van der Waals surface area (Å²) in [6.45, 7) is 1.98. The summed E-state index contributed by atoms with van der Waals surface area (Å²) >= 11 is 0. The van der Waals surface area contributed by atoms with Crippen molar-refractivity contribution in [2.75, 3.05) is 12.4 Å². The number of anilines is 1. The van der Waals surface area contributed by atoms with Crippen LogP contribution in [0.15, 0.2) is 40.8 Å². The zero-order valence-corrected chi connectivity index (χ0v) is 11.6. The van der Waals surface area contributed by atoms with Gasteiger partial charge in [-0.3, -0.25) is 10.1 Å². The van der Waals surface area contributed by atoms with Crippen molar-refractivity contribution in [1.29, 1.82) is 0 Å². The van der Waals surface area contributed by atoms with E-state index in [-0.39, 0.29) is 11.4 Å². The molecule has 21 heavy (non-hydrogen) atoms. The highest BCUT2D eigenvalue weighted by atomic mass is 16.6. The molecule has 0 saturated heterocycles. The maximum Gasteiger partial charge on any atom is 0.298 e. The van der Waals surface area contributed by atoms with Crippen LogP contribution in [-0.4, -0.2) is 17.0 Å². The summed E-state index contributed by atoms with van der Waals surface area (Å²) in [6, 6.07) is 10.5. The minimum Gasteiger partial charge on any atom is -0.454 e. The van der Waals surface area contributed by atoms with Crippen LogP contribution in [0.3, 0.4) is 0 Å². The minimum absolute atomic E-state index is 0.0789. The lowest BCUT2D eigenvalue weighted by atomic mass is 10.1. The second kappa shape index (κ2) is 4.90. The molecule has 0 aliphatic heterocycles. The van der Waals surface area contributed by atoms with Gasteiger partial charge in [0.25, 0.3) is 5.69 Å². The molecule has 3 rings (SSSR count). The lowest BCUT2D eigenvalue weighted by molar-refractivity contribution is -0.384. The summed E-state index contributed by atoms with van der Waals surface area (Å²) in [6.07, 6.45) is 0. The Morgan fingerprint density at radius 3 is 2.76 bits per heavy atom. The summed E-state index contributed by atoms with van der Waals surface area (Å²) in [4.78, 5) is 15.0. The molecule has 3 aromatic rings. The van der Waals surface area contributed by atoms with Gasteiger partial charge in [0.1, 0.15) is 11.4 Å². The van der Waals surface area contributed by atoms with E-state index in [1.54, 1.807) is 19.2 Å². The number of benzene rings is 1. The van der Waals surface area contributed by atoms with Crippen molar-refractivity contribution in [3.05, 3.63) is 52.1 Å². The van der Waals surface area contributed by atoms with Gasteiger partial charge in [0.15, 0.2) is 11.5 Å². The smallest absolute Gasteiger partial charge is 0.298 e. The van der Waals surface area contributed by atoms with Crippen molar-refractivity contribution in [3.8, 4) is 11.5 Å². The van der Waals surface area contributed by atoms with Crippen LogP contribution in [0.5, 0.6) is 0 Å². The molecule has 0 bridgehead atoms. The van der Waals surface area contributed by atoms with Gasteiger partial charge in [-0.05, 0) is 31.2 Å². The molecule has 0 saturated carbocycles. The van der Waals surface area contributed by atoms with Crippen molar-refractivity contribution < 1.29 is 9.34 Å². The summed E-state index contributed by atoms with van der Waals surface area (Å²) < 4.78 is 5.70. The van der Waals surface area contributed by atoms with Crippen molar-refractivity contribution in [1.82, 2.24) is 4.98 Å². The second-order valence-electron chi connectivity index (χ2n) is 4.72. The van der Waals surface area contributed by atoms with Crippen LogP contribution in [-0.2, 0) is 0 Å². The molecule has 6 heteroatoms. The van der Waals surface area contributed by atoms with E-state index in [1.807, 2.05) is 25.1 Å². The monoisotopic (exact) mass is 283 g/mol. The number of hydrogen-bond acceptors (Lipinski definition) is 5. The predicted octanol–water partition coefficient (Wildman–Crippen LogP) is 3.75. The number of nitro groups is 1. The predicted molar refractivity (Wildman–Crippen MR) is 80.4 cm³/mol. The third-order valence-electron chi connectivity index (χ3n) is 3.23. The molecule has 6 nitrogen and oxygen atoms in total. The number of nitrogens with zero attached hydrogens (tertiary/aromatic N) is 2. The number of hydrogen-bond donors (Lipinski definition) is 1. The molecular weight excluding hydrogens is 270 g/mol. The molecule has 0 unspecified atom stereocenters. The molecule has 0 amide bonds. The molecule has 0 aliphatic carbocycles. The number of aryl methyl sites for hydroxylation is 1. The SMILES string of the molecule is CNc1ccc([N+](=O)[O-])c(-c2cc3cc(C)ccc3o2)n1. The van der Waals surface area contributed by atoms with E-state index in [9.17, 15) is 10.1 Å². The normalized spacial score (nSPS) is 10.8. The van der Waals surface area contributed by atoms with E-state index >= 15 is 0 Å². The number of furan rings is 1. The Balaban J connectivity index is 2.22. The van der Waals surface area contributed by atoms with Crippen molar-refractivity contribution >= 4 is 22.5 Å². The number of aromatic nitrogens is 1. The van der Waals surface area contributed by atoms with Gasteiger partial charge < -0.3 is 9.73 Å². The highest BCUT2D eigenvalue weighted by Gasteiger charge is 2.21. The second-order valence-corrected chi connectivity index (χ2v) is 4.72.